The maximum atomic E-state index is 4.86. The van der Waals surface area contributed by atoms with Gasteiger partial charge in [0.05, 0.1) is 6.54 Å². The summed E-state index contributed by atoms with van der Waals surface area (Å²) in [6, 6.07) is 0.605. The minimum absolute atomic E-state index is 0. The van der Waals surface area contributed by atoms with Crippen LogP contribution in [0.1, 0.15) is 33.1 Å². The molecule has 0 amide bonds. The van der Waals surface area contributed by atoms with Crippen LogP contribution in [0.2, 0.25) is 0 Å². The zero-order chi connectivity index (χ0) is 17.5. The molecule has 26 heavy (non-hydrogen) atoms. The monoisotopic (exact) mass is 478 g/mol. The number of likely N-dealkylation sites (tertiary alicyclic amines) is 1. The first-order valence-electron chi connectivity index (χ1n) is 10.5. The Hall–Kier alpha value is -0.120. The van der Waals surface area contributed by atoms with Gasteiger partial charge in [0.25, 0.3) is 0 Å². The topological polar surface area (TPSA) is 46.1 Å². The van der Waals surface area contributed by atoms with Gasteiger partial charge in [-0.2, -0.15) is 0 Å². The first-order chi connectivity index (χ1) is 12.2. The molecule has 0 aromatic heterocycles. The van der Waals surface area contributed by atoms with E-state index in [1.165, 1.54) is 71.6 Å². The molecule has 2 N–H and O–H groups in total. The summed E-state index contributed by atoms with van der Waals surface area (Å²) in [6.45, 7) is 17.3. The maximum Gasteiger partial charge on any atom is 0.191 e. The lowest BCUT2D eigenvalue weighted by molar-refractivity contribution is 0.0174. The van der Waals surface area contributed by atoms with Crippen molar-refractivity contribution in [2.24, 2.45) is 10.9 Å². The van der Waals surface area contributed by atoms with E-state index in [4.69, 9.17) is 4.99 Å². The first kappa shape index (κ1) is 22.2. The summed E-state index contributed by atoms with van der Waals surface area (Å²) in [4.78, 5) is 12.7. The molecule has 7 heteroatoms. The normalized spacial score (nSPS) is 30.1. The Morgan fingerprint density at radius 1 is 1.04 bits per heavy atom. The number of rotatable bonds is 7. The van der Waals surface area contributed by atoms with Crippen LogP contribution in [0.3, 0.4) is 0 Å². The van der Waals surface area contributed by atoms with E-state index in [0.29, 0.717) is 6.04 Å². The van der Waals surface area contributed by atoms with E-state index < -0.39 is 0 Å². The molecule has 1 atom stereocenters. The minimum Gasteiger partial charge on any atom is -0.357 e. The van der Waals surface area contributed by atoms with Crippen LogP contribution >= 0.6 is 24.0 Å². The van der Waals surface area contributed by atoms with Crippen molar-refractivity contribution in [1.29, 1.82) is 0 Å². The van der Waals surface area contributed by atoms with Gasteiger partial charge in [-0.15, -0.1) is 24.0 Å². The largest absolute Gasteiger partial charge is 0.357 e. The van der Waals surface area contributed by atoms with Crippen LogP contribution in [0.5, 0.6) is 0 Å². The third-order valence-corrected chi connectivity index (χ3v) is 6.02. The molecular weight excluding hydrogens is 439 g/mol. The second-order valence-electron chi connectivity index (χ2n) is 8.01. The molecule has 4 heterocycles. The van der Waals surface area contributed by atoms with Crippen molar-refractivity contribution in [1.82, 2.24) is 25.3 Å². The smallest absolute Gasteiger partial charge is 0.191 e. The highest BCUT2D eigenvalue weighted by Crippen LogP contribution is 2.16. The lowest BCUT2D eigenvalue weighted by Gasteiger charge is -2.47. The molecule has 0 radical (unpaired) electrons. The summed E-state index contributed by atoms with van der Waals surface area (Å²) in [6.07, 6.45) is 3.93. The third kappa shape index (κ3) is 6.80. The Balaban J connectivity index is 0.00000243. The standard InChI is InChI=1S/C19H38N6.HI/c1-3-20-19(21-7-4-8-23-9-5-17(2)6-10-23)22-15-18-16-24-11-13-25(18)14-12-24;/h17-18H,3-16H2,1-2H3,(H2,20,21,22);1H. The molecule has 4 aliphatic heterocycles. The van der Waals surface area contributed by atoms with E-state index in [-0.39, 0.29) is 24.0 Å². The van der Waals surface area contributed by atoms with E-state index >= 15 is 0 Å². The molecule has 0 spiro atoms. The van der Waals surface area contributed by atoms with Gasteiger partial charge in [-0.05, 0) is 51.7 Å². The molecule has 152 valence electrons. The number of hydrogen-bond donors (Lipinski definition) is 2. The molecule has 4 rings (SSSR count). The van der Waals surface area contributed by atoms with Crippen LogP contribution in [0.15, 0.2) is 4.99 Å². The predicted octanol–water partition coefficient (Wildman–Crippen LogP) is 1.28. The lowest BCUT2D eigenvalue weighted by atomic mass is 9.99. The van der Waals surface area contributed by atoms with Gasteiger partial charge < -0.3 is 15.5 Å². The lowest BCUT2D eigenvalue weighted by Crippen LogP contribution is -2.62. The molecule has 0 aromatic carbocycles. The van der Waals surface area contributed by atoms with E-state index in [1.807, 2.05) is 0 Å². The maximum absolute atomic E-state index is 4.86. The van der Waals surface area contributed by atoms with Gasteiger partial charge in [0.15, 0.2) is 5.96 Å². The molecule has 2 bridgehead atoms. The van der Waals surface area contributed by atoms with Gasteiger partial charge >= 0.3 is 0 Å². The Morgan fingerprint density at radius 3 is 2.38 bits per heavy atom. The van der Waals surface area contributed by atoms with Gasteiger partial charge in [-0.25, -0.2) is 0 Å². The van der Waals surface area contributed by atoms with Crippen LogP contribution in [0.25, 0.3) is 0 Å². The van der Waals surface area contributed by atoms with Crippen molar-refractivity contribution in [3.05, 3.63) is 0 Å². The molecule has 0 aromatic rings. The van der Waals surface area contributed by atoms with Crippen molar-refractivity contribution in [3.8, 4) is 0 Å². The number of fused-ring (bicyclic) bond motifs is 3. The van der Waals surface area contributed by atoms with Gasteiger partial charge in [-0.3, -0.25) is 14.8 Å². The number of nitrogens with one attached hydrogen (secondary N) is 2. The summed E-state index contributed by atoms with van der Waals surface area (Å²) in [5, 5.41) is 6.94. The molecule has 6 nitrogen and oxygen atoms in total. The van der Waals surface area contributed by atoms with E-state index in [0.717, 1.165) is 31.5 Å². The second-order valence-corrected chi connectivity index (χ2v) is 8.01. The van der Waals surface area contributed by atoms with Crippen molar-refractivity contribution in [3.63, 3.8) is 0 Å². The van der Waals surface area contributed by atoms with Gasteiger partial charge in [0.1, 0.15) is 0 Å². The number of hydrogen-bond acceptors (Lipinski definition) is 4. The molecule has 4 fully saturated rings. The van der Waals surface area contributed by atoms with Crippen LogP contribution in [-0.4, -0.2) is 98.7 Å². The minimum atomic E-state index is 0. The molecule has 1 unspecified atom stereocenters. The van der Waals surface area contributed by atoms with Crippen molar-refractivity contribution in [2.75, 3.05) is 72.0 Å². The average Bonchev–Trinajstić information content (AvgIpc) is 2.65. The number of nitrogens with zero attached hydrogens (tertiary/aromatic N) is 4. The van der Waals surface area contributed by atoms with Crippen molar-refractivity contribution < 1.29 is 0 Å². The molecule has 4 aliphatic rings. The summed E-state index contributed by atoms with van der Waals surface area (Å²) in [7, 11) is 0. The number of guanidine groups is 1. The summed E-state index contributed by atoms with van der Waals surface area (Å²) >= 11 is 0. The van der Waals surface area contributed by atoms with E-state index in [1.54, 1.807) is 0 Å². The Bertz CT molecular complexity index is 416. The van der Waals surface area contributed by atoms with Crippen LogP contribution < -0.4 is 10.6 Å². The zero-order valence-corrected chi connectivity index (χ0v) is 19.1. The second kappa shape index (κ2) is 11.7. The SMILES string of the molecule is CCNC(=NCC1CN2CCN1CC2)NCCCN1CCC(C)CC1.I. The van der Waals surface area contributed by atoms with E-state index in [2.05, 4.69) is 39.2 Å². The van der Waals surface area contributed by atoms with Crippen molar-refractivity contribution >= 4 is 29.9 Å². The van der Waals surface area contributed by atoms with Crippen LogP contribution in [0.4, 0.5) is 0 Å². The predicted molar refractivity (Wildman–Crippen MR) is 121 cm³/mol. The Labute approximate surface area is 177 Å². The number of piperidine rings is 1. The number of aliphatic imine (C=N–C) groups is 1. The van der Waals surface area contributed by atoms with Gasteiger partial charge in [0.2, 0.25) is 0 Å². The first-order valence-corrected chi connectivity index (χ1v) is 10.5. The Morgan fingerprint density at radius 2 is 1.77 bits per heavy atom. The molecular formula is C19H39IN6. The fourth-order valence-corrected chi connectivity index (χ4v) is 4.23. The zero-order valence-electron chi connectivity index (χ0n) is 16.8. The molecule has 4 saturated heterocycles. The fraction of sp³-hybridized carbons (Fsp3) is 0.947. The third-order valence-electron chi connectivity index (χ3n) is 6.02. The highest BCUT2D eigenvalue weighted by Gasteiger charge is 2.31. The van der Waals surface area contributed by atoms with Crippen LogP contribution in [0, 0.1) is 5.92 Å². The average molecular weight is 478 g/mol. The molecule has 0 aliphatic carbocycles. The highest BCUT2D eigenvalue weighted by atomic mass is 127. The number of halogens is 1. The van der Waals surface area contributed by atoms with Gasteiger partial charge in [-0.1, -0.05) is 6.92 Å². The summed E-state index contributed by atoms with van der Waals surface area (Å²) in [5.41, 5.74) is 0. The summed E-state index contributed by atoms with van der Waals surface area (Å²) < 4.78 is 0. The molecule has 0 saturated carbocycles. The van der Waals surface area contributed by atoms with Crippen molar-refractivity contribution in [2.45, 2.75) is 39.2 Å². The highest BCUT2D eigenvalue weighted by molar-refractivity contribution is 14.0. The Kier molecular flexibility index (Phi) is 9.94. The summed E-state index contributed by atoms with van der Waals surface area (Å²) in [5.74, 6) is 1.91. The fourth-order valence-electron chi connectivity index (χ4n) is 4.23. The quantitative estimate of drug-likeness (QED) is 0.250. The van der Waals surface area contributed by atoms with Crippen LogP contribution in [-0.2, 0) is 0 Å². The number of piperazine rings is 3. The van der Waals surface area contributed by atoms with E-state index in [9.17, 15) is 0 Å². The van der Waals surface area contributed by atoms with Gasteiger partial charge in [0, 0.05) is 51.9 Å².